The summed E-state index contributed by atoms with van der Waals surface area (Å²) in [5, 5.41) is 14.0. The third-order valence-electron chi connectivity index (χ3n) is 3.75. The molecule has 2 aromatic carbocycles. The van der Waals surface area contributed by atoms with Crippen LogP contribution in [0.15, 0.2) is 66.9 Å². The van der Waals surface area contributed by atoms with Gasteiger partial charge in [0.15, 0.2) is 0 Å². The Labute approximate surface area is 170 Å². The molecule has 4 heteroatoms. The molecule has 1 heterocycles. The van der Waals surface area contributed by atoms with E-state index in [1.807, 2.05) is 28.8 Å². The number of nitrogens with zero attached hydrogens (tertiary/aromatic N) is 1. The first-order valence-electron chi connectivity index (χ1n) is 7.90. The zero-order valence-electron chi connectivity index (χ0n) is 15.4. The predicted octanol–water partition coefficient (Wildman–Crippen LogP) is 3.65. The van der Waals surface area contributed by atoms with E-state index in [1.165, 1.54) is 16.7 Å². The summed E-state index contributed by atoms with van der Waals surface area (Å²) < 4.78 is 1.93. The number of pyridine rings is 1. The molecule has 0 atom stereocenters. The van der Waals surface area contributed by atoms with Crippen LogP contribution in [0.4, 0.5) is 0 Å². The van der Waals surface area contributed by atoms with Gasteiger partial charge in [-0.05, 0) is 18.1 Å². The Balaban J connectivity index is 0.00000117. The van der Waals surface area contributed by atoms with Crippen molar-refractivity contribution in [3.05, 3.63) is 92.0 Å². The predicted molar refractivity (Wildman–Crippen MR) is 104 cm³/mol. The van der Waals surface area contributed by atoms with Gasteiger partial charge < -0.3 is 14.8 Å². The fourth-order valence-corrected chi connectivity index (χ4v) is 2.62. The van der Waals surface area contributed by atoms with Crippen molar-refractivity contribution in [1.29, 1.82) is 0 Å². The minimum atomic E-state index is 0. The van der Waals surface area contributed by atoms with E-state index in [1.54, 1.807) is 0 Å². The number of aliphatic hydroxyl groups is 2. The Morgan fingerprint density at radius 2 is 1.35 bits per heavy atom. The third-order valence-corrected chi connectivity index (χ3v) is 3.75. The Kier molecular flexibility index (Phi) is 11.3. The molecule has 2 N–H and O–H groups in total. The van der Waals surface area contributed by atoms with Crippen LogP contribution in [0, 0.1) is 20.9 Å². The van der Waals surface area contributed by atoms with Crippen molar-refractivity contribution in [3.63, 3.8) is 0 Å². The van der Waals surface area contributed by atoms with E-state index in [-0.39, 0.29) is 20.1 Å². The van der Waals surface area contributed by atoms with Gasteiger partial charge in [0.05, 0.1) is 11.9 Å². The van der Waals surface area contributed by atoms with Crippen LogP contribution < -0.4 is 4.57 Å². The molecule has 0 aliphatic heterocycles. The van der Waals surface area contributed by atoms with Gasteiger partial charge in [0, 0.05) is 41.4 Å². The van der Waals surface area contributed by atoms with E-state index in [2.05, 4.69) is 63.5 Å². The minimum Gasteiger partial charge on any atom is -0.400 e. The summed E-state index contributed by atoms with van der Waals surface area (Å²) in [7, 11) is 6.15. The van der Waals surface area contributed by atoms with Crippen LogP contribution in [0.2, 0.25) is 0 Å². The number of benzene rings is 2. The molecule has 26 heavy (non-hydrogen) atoms. The molecular weight excluding hydrogens is 502 g/mol. The van der Waals surface area contributed by atoms with Gasteiger partial charge >= 0.3 is 0 Å². The average molecular weight is 529 g/mol. The molecule has 0 fully saturated rings. The van der Waals surface area contributed by atoms with Crippen LogP contribution in [0.5, 0.6) is 0 Å². The number of aryl methyl sites for hydroxylation is 1. The number of hydrogen-bond donors (Lipinski definition) is 2. The zero-order chi connectivity index (χ0) is 18.8. The standard InChI is InChI=1S/C20H18N.2CH4O.Ir/c1-15-9-7-8-12-18(15)20-13-16(2)19(14-21(20)3)17-10-5-4-6-11-17;2*1-2;/h4-14H,1,3H2,2H3;2*2H,1H3;/q-1;;;. The average Bonchev–Trinajstić information content (AvgIpc) is 2.68. The molecule has 0 unspecified atom stereocenters. The van der Waals surface area contributed by atoms with Gasteiger partial charge in [-0.25, -0.2) is 0 Å². The van der Waals surface area contributed by atoms with E-state index in [9.17, 15) is 0 Å². The maximum atomic E-state index is 7.00. The van der Waals surface area contributed by atoms with E-state index in [0.717, 1.165) is 31.0 Å². The van der Waals surface area contributed by atoms with Crippen LogP contribution in [0.25, 0.3) is 22.4 Å². The summed E-state index contributed by atoms with van der Waals surface area (Å²) in [4.78, 5) is 0. The van der Waals surface area contributed by atoms with E-state index in [4.69, 9.17) is 10.2 Å². The molecule has 0 amide bonds. The quantitative estimate of drug-likeness (QED) is 0.394. The summed E-state index contributed by atoms with van der Waals surface area (Å²) in [6, 6.07) is 20.7. The molecule has 1 aromatic heterocycles. The Hall–Kier alpha value is -2.10. The molecule has 0 aliphatic rings. The van der Waals surface area contributed by atoms with Gasteiger partial charge in [0.25, 0.3) is 0 Å². The van der Waals surface area contributed by atoms with Gasteiger partial charge in [0.1, 0.15) is 0 Å². The Morgan fingerprint density at radius 3 is 1.92 bits per heavy atom. The van der Waals surface area contributed by atoms with Crippen molar-refractivity contribution < 1.29 is 34.9 Å². The molecule has 3 aromatic rings. The third kappa shape index (κ3) is 5.72. The SMILES string of the molecule is CO.CO.[CH2-]c1ccccc1-c1cc(C)c(-c2ccccc2)c[n+]1[CH2-].[Ir]. The van der Waals surface area contributed by atoms with Crippen LogP contribution in [0.3, 0.4) is 0 Å². The minimum absolute atomic E-state index is 0. The Morgan fingerprint density at radius 1 is 0.808 bits per heavy atom. The second kappa shape index (κ2) is 12.3. The van der Waals surface area contributed by atoms with Crippen LogP contribution in [-0.2, 0) is 20.1 Å². The van der Waals surface area contributed by atoms with Crippen LogP contribution >= 0.6 is 0 Å². The number of aromatic nitrogens is 1. The first kappa shape index (κ1) is 23.9. The van der Waals surface area contributed by atoms with Crippen molar-refractivity contribution in [2.24, 2.45) is 0 Å². The maximum Gasteiger partial charge on any atom is 0.0767 e. The van der Waals surface area contributed by atoms with Crippen molar-refractivity contribution in [3.8, 4) is 22.4 Å². The summed E-state index contributed by atoms with van der Waals surface area (Å²) in [6.45, 7) is 6.24. The molecule has 0 aliphatic carbocycles. The van der Waals surface area contributed by atoms with Crippen molar-refractivity contribution in [2.75, 3.05) is 14.2 Å². The second-order valence-corrected chi connectivity index (χ2v) is 5.25. The molecule has 0 bridgehead atoms. The van der Waals surface area contributed by atoms with Crippen molar-refractivity contribution in [2.45, 2.75) is 6.92 Å². The second-order valence-electron chi connectivity index (χ2n) is 5.25. The van der Waals surface area contributed by atoms with Crippen molar-refractivity contribution >= 4 is 0 Å². The maximum absolute atomic E-state index is 7.00. The monoisotopic (exact) mass is 529 g/mol. The van der Waals surface area contributed by atoms with Crippen LogP contribution in [0.1, 0.15) is 11.1 Å². The van der Waals surface area contributed by atoms with Crippen LogP contribution in [-0.4, -0.2) is 24.4 Å². The first-order valence-corrected chi connectivity index (χ1v) is 7.90. The van der Waals surface area contributed by atoms with Gasteiger partial charge in [0.2, 0.25) is 0 Å². The summed E-state index contributed by atoms with van der Waals surface area (Å²) in [5.74, 6) is 0. The number of rotatable bonds is 2. The molecule has 0 spiro atoms. The van der Waals surface area contributed by atoms with E-state index in [0.29, 0.717) is 0 Å². The summed E-state index contributed by atoms with van der Waals surface area (Å²) in [5.41, 5.74) is 6.87. The fourth-order valence-electron chi connectivity index (χ4n) is 2.62. The first-order chi connectivity index (χ1) is 12.2. The van der Waals surface area contributed by atoms with E-state index >= 15 is 0 Å². The van der Waals surface area contributed by atoms with Gasteiger partial charge in [-0.3, -0.25) is 0 Å². The molecule has 0 saturated heterocycles. The van der Waals surface area contributed by atoms with Gasteiger partial charge in [-0.1, -0.05) is 48.0 Å². The molecule has 0 saturated carbocycles. The largest absolute Gasteiger partial charge is 0.400 e. The molecule has 3 nitrogen and oxygen atoms in total. The van der Waals surface area contributed by atoms with Gasteiger partial charge in [-0.15, -0.1) is 17.7 Å². The topological polar surface area (TPSA) is 44.3 Å². The van der Waals surface area contributed by atoms with Crippen molar-refractivity contribution in [1.82, 2.24) is 0 Å². The molecule has 141 valence electrons. The Bertz CT molecular complexity index is 789. The number of hydrogen-bond acceptors (Lipinski definition) is 2. The smallest absolute Gasteiger partial charge is 0.0767 e. The summed E-state index contributed by atoms with van der Waals surface area (Å²) in [6.07, 6.45) is 2.09. The molecule has 3 rings (SSSR count). The van der Waals surface area contributed by atoms with Gasteiger partial charge in [-0.2, -0.15) is 18.6 Å². The molecular formula is C22H26IrNO2-. The summed E-state index contributed by atoms with van der Waals surface area (Å²) >= 11 is 0. The van der Waals surface area contributed by atoms with E-state index < -0.39 is 0 Å². The normalized spacial score (nSPS) is 8.96. The molecule has 1 radical (unpaired) electrons. The zero-order valence-corrected chi connectivity index (χ0v) is 17.8. The fraction of sp³-hybridized carbons (Fsp3) is 0.136. The number of aliphatic hydroxyl groups excluding tert-OH is 2.